The SMILES string of the molecule is Oc1c2cccc1Cc1cc(Br)cc(c1O)Cc1cccc(c1O)Cc1cc(Br)cc(c1O)C2. The molecule has 4 aromatic rings. The molecule has 0 heterocycles. The van der Waals surface area contributed by atoms with Gasteiger partial charge in [-0.25, -0.2) is 0 Å². The Labute approximate surface area is 214 Å². The molecule has 0 amide bonds. The molecule has 5 rings (SSSR count). The fourth-order valence-electron chi connectivity index (χ4n) is 4.65. The molecule has 4 N–H and O–H groups in total. The summed E-state index contributed by atoms with van der Waals surface area (Å²) in [6.07, 6.45) is 1.33. The second-order valence-electron chi connectivity index (χ2n) is 8.70. The van der Waals surface area contributed by atoms with Crippen LogP contribution in [-0.4, -0.2) is 20.4 Å². The summed E-state index contributed by atoms with van der Waals surface area (Å²) >= 11 is 7.09. The molecule has 0 aliphatic heterocycles. The van der Waals surface area contributed by atoms with Crippen LogP contribution >= 0.6 is 31.9 Å². The van der Waals surface area contributed by atoms with E-state index in [0.29, 0.717) is 70.2 Å². The largest absolute Gasteiger partial charge is 0.507 e. The molecule has 0 saturated carbocycles. The van der Waals surface area contributed by atoms with E-state index in [9.17, 15) is 20.4 Å². The molecule has 0 aromatic heterocycles. The monoisotopic (exact) mass is 580 g/mol. The van der Waals surface area contributed by atoms with Crippen molar-refractivity contribution in [3.8, 4) is 23.0 Å². The van der Waals surface area contributed by atoms with Gasteiger partial charge in [0.1, 0.15) is 23.0 Å². The van der Waals surface area contributed by atoms with Crippen molar-refractivity contribution in [1.29, 1.82) is 0 Å². The maximum atomic E-state index is 11.1. The Morgan fingerprint density at radius 1 is 0.412 bits per heavy atom. The molecule has 0 atom stereocenters. The van der Waals surface area contributed by atoms with Gasteiger partial charge in [0.25, 0.3) is 0 Å². The highest BCUT2D eigenvalue weighted by molar-refractivity contribution is 9.10. The van der Waals surface area contributed by atoms with Crippen molar-refractivity contribution in [3.05, 3.63) is 114 Å². The smallest absolute Gasteiger partial charge is 0.122 e. The second-order valence-corrected chi connectivity index (χ2v) is 10.5. The molecule has 172 valence electrons. The molecule has 4 nitrogen and oxygen atoms in total. The van der Waals surface area contributed by atoms with Gasteiger partial charge >= 0.3 is 0 Å². The van der Waals surface area contributed by atoms with Crippen molar-refractivity contribution in [2.75, 3.05) is 0 Å². The van der Waals surface area contributed by atoms with Crippen molar-refractivity contribution in [3.63, 3.8) is 0 Å². The minimum Gasteiger partial charge on any atom is -0.507 e. The highest BCUT2D eigenvalue weighted by atomic mass is 79.9. The number of rotatable bonds is 0. The third kappa shape index (κ3) is 4.28. The summed E-state index contributed by atoms with van der Waals surface area (Å²) in [6, 6.07) is 18.5. The van der Waals surface area contributed by atoms with Crippen LogP contribution in [0.1, 0.15) is 44.5 Å². The van der Waals surface area contributed by atoms with E-state index >= 15 is 0 Å². The molecule has 34 heavy (non-hydrogen) atoms. The van der Waals surface area contributed by atoms with Crippen LogP contribution in [0.15, 0.2) is 69.6 Å². The van der Waals surface area contributed by atoms with Crippen LogP contribution in [0.2, 0.25) is 0 Å². The highest BCUT2D eigenvalue weighted by Crippen LogP contribution is 2.39. The Bertz CT molecular complexity index is 1230. The molecule has 0 radical (unpaired) electrons. The zero-order valence-electron chi connectivity index (χ0n) is 18.1. The first-order valence-electron chi connectivity index (χ1n) is 10.9. The lowest BCUT2D eigenvalue weighted by molar-refractivity contribution is 0.450. The molecule has 0 unspecified atom stereocenters. The molecule has 1 aliphatic rings. The quantitative estimate of drug-likeness (QED) is 0.164. The first kappa shape index (κ1) is 22.8. The zero-order chi connectivity index (χ0) is 24.0. The normalized spacial score (nSPS) is 13.0. The van der Waals surface area contributed by atoms with E-state index in [-0.39, 0.29) is 23.0 Å². The summed E-state index contributed by atoms with van der Waals surface area (Å²) in [5.41, 5.74) is 5.43. The fourth-order valence-corrected chi connectivity index (χ4v) is 5.76. The van der Waals surface area contributed by atoms with Gasteiger partial charge in [-0.3, -0.25) is 0 Å². The maximum absolute atomic E-state index is 11.1. The summed E-state index contributed by atoms with van der Waals surface area (Å²) in [7, 11) is 0. The van der Waals surface area contributed by atoms with Gasteiger partial charge in [0.2, 0.25) is 0 Å². The molecule has 1 aliphatic carbocycles. The number of aromatic hydroxyl groups is 4. The van der Waals surface area contributed by atoms with Gasteiger partial charge in [0, 0.05) is 34.6 Å². The summed E-state index contributed by atoms with van der Waals surface area (Å²) < 4.78 is 1.62. The predicted octanol–water partition coefficient (Wildman–Crippen LogP) is 6.71. The Balaban J connectivity index is 1.75. The number of fused-ring (bicyclic) bond motifs is 8. The van der Waals surface area contributed by atoms with E-state index in [1.54, 1.807) is 0 Å². The number of benzene rings is 4. The van der Waals surface area contributed by atoms with Gasteiger partial charge in [0.15, 0.2) is 0 Å². The number of phenols is 4. The number of halogens is 2. The van der Waals surface area contributed by atoms with E-state index in [1.165, 1.54) is 0 Å². The van der Waals surface area contributed by atoms with Crippen LogP contribution in [0.4, 0.5) is 0 Å². The molecular weight excluding hydrogens is 560 g/mol. The molecule has 0 saturated heterocycles. The van der Waals surface area contributed by atoms with E-state index in [4.69, 9.17) is 0 Å². The molecule has 0 spiro atoms. The average Bonchev–Trinajstić information content (AvgIpc) is 2.79. The van der Waals surface area contributed by atoms with Gasteiger partial charge in [-0.1, -0.05) is 68.3 Å². The number of hydrogen-bond acceptors (Lipinski definition) is 4. The summed E-state index contributed by atoms with van der Waals surface area (Å²) in [5.74, 6) is 0.604. The number of phenolic OH excluding ortho intramolecular Hbond substituents is 4. The lowest BCUT2D eigenvalue weighted by Gasteiger charge is -2.17. The lowest BCUT2D eigenvalue weighted by atomic mass is 9.91. The third-order valence-corrected chi connectivity index (χ3v) is 7.31. The van der Waals surface area contributed by atoms with Gasteiger partial charge < -0.3 is 20.4 Å². The molecule has 8 bridgehead atoms. The topological polar surface area (TPSA) is 80.9 Å². The van der Waals surface area contributed by atoms with Gasteiger partial charge in [0.05, 0.1) is 0 Å². The van der Waals surface area contributed by atoms with Gasteiger partial charge in [-0.05, 0) is 68.8 Å². The lowest BCUT2D eigenvalue weighted by Crippen LogP contribution is -2.01. The Hall–Kier alpha value is -2.96. The van der Waals surface area contributed by atoms with Crippen molar-refractivity contribution in [1.82, 2.24) is 0 Å². The van der Waals surface area contributed by atoms with Crippen LogP contribution in [0.25, 0.3) is 0 Å². The minimum atomic E-state index is 0.150. The third-order valence-electron chi connectivity index (χ3n) is 6.40. The van der Waals surface area contributed by atoms with Crippen molar-refractivity contribution < 1.29 is 20.4 Å². The van der Waals surface area contributed by atoms with Crippen molar-refractivity contribution >= 4 is 31.9 Å². The summed E-state index contributed by atoms with van der Waals surface area (Å²) in [6.45, 7) is 0. The molecule has 4 aromatic carbocycles. The van der Waals surface area contributed by atoms with Crippen LogP contribution < -0.4 is 0 Å². The van der Waals surface area contributed by atoms with Crippen LogP contribution in [0.5, 0.6) is 23.0 Å². The first-order valence-corrected chi connectivity index (χ1v) is 12.5. The van der Waals surface area contributed by atoms with Crippen LogP contribution in [0, 0.1) is 0 Å². The van der Waals surface area contributed by atoms with Gasteiger partial charge in [-0.2, -0.15) is 0 Å². The molecule has 6 heteroatoms. The Kier molecular flexibility index (Phi) is 6.04. The maximum Gasteiger partial charge on any atom is 0.122 e. The van der Waals surface area contributed by atoms with Crippen molar-refractivity contribution in [2.24, 2.45) is 0 Å². The molecular formula is C28H22Br2O4. The molecule has 0 fully saturated rings. The summed E-state index contributed by atoms with van der Waals surface area (Å²) in [5, 5.41) is 44.3. The van der Waals surface area contributed by atoms with Crippen molar-refractivity contribution in [2.45, 2.75) is 25.7 Å². The van der Waals surface area contributed by atoms with E-state index < -0.39 is 0 Å². The number of hydrogen-bond donors (Lipinski definition) is 4. The van der Waals surface area contributed by atoms with E-state index in [2.05, 4.69) is 31.9 Å². The standard InChI is InChI=1S/C28H22Br2O4/c29-23-11-19-7-15-3-1-4-16(25(15)31)8-20-12-24(30)14-22(28(20)34)10-18-6-2-5-17(26(18)32)9-21(13-23)27(19)33/h1-6,11-14,31-34H,7-10H2. The fraction of sp³-hybridized carbons (Fsp3) is 0.143. The number of para-hydroxylation sites is 2. The highest BCUT2D eigenvalue weighted by Gasteiger charge is 2.19. The Morgan fingerprint density at radius 3 is 0.912 bits per heavy atom. The Morgan fingerprint density at radius 2 is 0.647 bits per heavy atom. The minimum absolute atomic E-state index is 0.150. The van der Waals surface area contributed by atoms with E-state index in [0.717, 1.165) is 8.95 Å². The zero-order valence-corrected chi connectivity index (χ0v) is 21.3. The van der Waals surface area contributed by atoms with Crippen LogP contribution in [0.3, 0.4) is 0 Å². The van der Waals surface area contributed by atoms with E-state index in [1.807, 2.05) is 60.7 Å². The van der Waals surface area contributed by atoms with Crippen LogP contribution in [-0.2, 0) is 25.7 Å². The average molecular weight is 582 g/mol. The summed E-state index contributed by atoms with van der Waals surface area (Å²) in [4.78, 5) is 0. The van der Waals surface area contributed by atoms with Gasteiger partial charge in [-0.15, -0.1) is 0 Å². The first-order chi connectivity index (χ1) is 16.3. The second kappa shape index (κ2) is 9.01. The predicted molar refractivity (Wildman–Crippen MR) is 139 cm³/mol.